The van der Waals surface area contributed by atoms with Gasteiger partial charge in [0, 0.05) is 47.3 Å². The van der Waals surface area contributed by atoms with Crippen LogP contribution in [0.1, 0.15) is 51.5 Å². The smallest absolute Gasteiger partial charge is 0.310 e. The number of hydrogen-bond acceptors (Lipinski definition) is 7. The van der Waals surface area contributed by atoms with Crippen LogP contribution in [-0.4, -0.2) is 70.9 Å². The fraction of sp³-hybridized carbons (Fsp3) is 0.606. The summed E-state index contributed by atoms with van der Waals surface area (Å²) in [5.74, 6) is -0.0554. The Labute approximate surface area is 257 Å². The predicted molar refractivity (Wildman–Crippen MR) is 163 cm³/mol. The summed E-state index contributed by atoms with van der Waals surface area (Å²) in [6, 6.07) is 7.49. The Bertz CT molecular complexity index is 1270. The van der Waals surface area contributed by atoms with Crippen LogP contribution in [0, 0.1) is 28.6 Å². The third-order valence-electron chi connectivity index (χ3n) is 10.8. The summed E-state index contributed by atoms with van der Waals surface area (Å²) in [7, 11) is 0. The number of fused-ring (bicyclic) bond motifs is 5. The summed E-state index contributed by atoms with van der Waals surface area (Å²) in [5, 5.41) is 23.4. The molecule has 3 saturated carbocycles. The van der Waals surface area contributed by atoms with Crippen LogP contribution in [0.15, 0.2) is 48.1 Å². The molecule has 4 aliphatic carbocycles. The molecule has 0 heterocycles. The summed E-state index contributed by atoms with van der Waals surface area (Å²) in [5.41, 5.74) is -0.167. The molecule has 0 amide bonds. The van der Waals surface area contributed by atoms with Gasteiger partial charge in [-0.1, -0.05) is 37.6 Å². The maximum Gasteiger partial charge on any atom is 0.310 e. The Morgan fingerprint density at radius 1 is 1.10 bits per heavy atom. The molecule has 228 valence electrons. The zero-order chi connectivity index (χ0) is 30.3. The van der Waals surface area contributed by atoms with Crippen molar-refractivity contribution in [2.75, 3.05) is 36.4 Å². The molecule has 1 aromatic rings. The number of rotatable bonds is 10. The molecule has 2 N–H and O–H groups in total. The van der Waals surface area contributed by atoms with Gasteiger partial charge in [-0.05, 0) is 73.8 Å². The fourth-order valence-electron chi connectivity index (χ4n) is 8.67. The second kappa shape index (κ2) is 12.1. The number of carbonyl (C=O) groups excluding carboxylic acids is 3. The number of allylic oxidation sites excluding steroid dienone is 4. The van der Waals surface area contributed by atoms with E-state index < -0.39 is 40.9 Å². The minimum absolute atomic E-state index is 0.00379. The standard InChI is InChI=1S/C33H41Cl2NO6/c1-31-11-9-24(37)18-22(31)5-8-25-26-10-12-33(41,32(26,2)19-27(38)30(25)31)28(39)20-42-29(40)17-21-3-6-23(7-4-21)36(15-13-34)16-14-35/h3-4,6-7,9,11,18,25-27,30,38,41H,5,8,10,12-17,19-20H2,1-2H3/t25-,26-,27+,30+,31-,32-,33-/m0/s1. The first-order valence-electron chi connectivity index (χ1n) is 15.0. The molecule has 0 bridgehead atoms. The molecule has 0 aliphatic heterocycles. The average Bonchev–Trinajstić information content (AvgIpc) is 3.23. The van der Waals surface area contributed by atoms with E-state index in [-0.39, 0.29) is 42.8 Å². The molecular formula is C33H41Cl2NO6. The molecule has 0 saturated heterocycles. The van der Waals surface area contributed by atoms with Crippen molar-refractivity contribution >= 4 is 46.4 Å². The maximum absolute atomic E-state index is 13.5. The van der Waals surface area contributed by atoms with E-state index in [1.165, 1.54) is 0 Å². The molecule has 3 fully saturated rings. The highest BCUT2D eigenvalue weighted by atomic mass is 35.5. The van der Waals surface area contributed by atoms with Gasteiger partial charge >= 0.3 is 5.97 Å². The molecule has 9 heteroatoms. The Hall–Kier alpha value is -2.19. The molecule has 42 heavy (non-hydrogen) atoms. The lowest BCUT2D eigenvalue weighted by Crippen LogP contribution is -2.61. The number of hydrogen-bond donors (Lipinski definition) is 2. The van der Waals surface area contributed by atoms with Crippen molar-refractivity contribution in [3.05, 3.63) is 53.6 Å². The normalized spacial score (nSPS) is 35.1. The largest absolute Gasteiger partial charge is 0.457 e. The minimum Gasteiger partial charge on any atom is -0.457 e. The van der Waals surface area contributed by atoms with Crippen molar-refractivity contribution in [2.24, 2.45) is 28.6 Å². The Balaban J connectivity index is 1.23. The topological polar surface area (TPSA) is 104 Å². The second-order valence-corrected chi connectivity index (χ2v) is 13.7. The maximum atomic E-state index is 13.5. The van der Waals surface area contributed by atoms with Gasteiger partial charge in [0.1, 0.15) is 5.60 Å². The van der Waals surface area contributed by atoms with Gasteiger partial charge in [0.2, 0.25) is 5.78 Å². The van der Waals surface area contributed by atoms with Crippen LogP contribution in [0.3, 0.4) is 0 Å². The second-order valence-electron chi connectivity index (χ2n) is 12.9. The number of nitrogens with zero attached hydrogens (tertiary/aromatic N) is 1. The van der Waals surface area contributed by atoms with Crippen LogP contribution < -0.4 is 4.90 Å². The number of ketones is 2. The lowest BCUT2D eigenvalue weighted by Gasteiger charge is -2.59. The molecule has 0 radical (unpaired) electrons. The van der Waals surface area contributed by atoms with Crippen LogP contribution >= 0.6 is 23.2 Å². The first-order chi connectivity index (χ1) is 20.0. The van der Waals surface area contributed by atoms with Crippen LogP contribution in [0.4, 0.5) is 5.69 Å². The molecule has 1 aromatic carbocycles. The monoisotopic (exact) mass is 617 g/mol. The van der Waals surface area contributed by atoms with Crippen molar-refractivity contribution < 1.29 is 29.3 Å². The average molecular weight is 619 g/mol. The number of ether oxygens (including phenoxy) is 1. The molecule has 0 spiro atoms. The number of carbonyl (C=O) groups is 3. The lowest BCUT2D eigenvalue weighted by molar-refractivity contribution is -0.181. The van der Waals surface area contributed by atoms with E-state index >= 15 is 0 Å². The van der Waals surface area contributed by atoms with Crippen LogP contribution in [0.5, 0.6) is 0 Å². The zero-order valence-electron chi connectivity index (χ0n) is 24.4. The minimum atomic E-state index is -1.69. The fourth-order valence-corrected chi connectivity index (χ4v) is 9.08. The number of halogens is 2. The number of benzene rings is 1. The third-order valence-corrected chi connectivity index (χ3v) is 11.2. The highest BCUT2D eigenvalue weighted by molar-refractivity contribution is 6.18. The van der Waals surface area contributed by atoms with Gasteiger partial charge in [0.25, 0.3) is 0 Å². The van der Waals surface area contributed by atoms with Gasteiger partial charge in [0.15, 0.2) is 12.4 Å². The van der Waals surface area contributed by atoms with Crippen molar-refractivity contribution in [2.45, 2.75) is 64.1 Å². The van der Waals surface area contributed by atoms with Gasteiger partial charge in [-0.3, -0.25) is 14.4 Å². The molecule has 7 nitrogen and oxygen atoms in total. The molecule has 5 rings (SSSR count). The van der Waals surface area contributed by atoms with Gasteiger partial charge in [-0.2, -0.15) is 0 Å². The molecule has 0 aromatic heterocycles. The van der Waals surface area contributed by atoms with Gasteiger partial charge in [-0.25, -0.2) is 0 Å². The number of alkyl halides is 2. The highest BCUT2D eigenvalue weighted by Gasteiger charge is 2.68. The summed E-state index contributed by atoms with van der Waals surface area (Å²) in [6.07, 6.45) is 7.30. The zero-order valence-corrected chi connectivity index (χ0v) is 25.9. The molecular weight excluding hydrogens is 577 g/mol. The van der Waals surface area contributed by atoms with E-state index in [0.29, 0.717) is 31.3 Å². The van der Waals surface area contributed by atoms with Crippen molar-refractivity contribution in [1.29, 1.82) is 0 Å². The van der Waals surface area contributed by atoms with Crippen molar-refractivity contribution in [3.8, 4) is 0 Å². The number of Topliss-reactive ketones (excluding diaryl/α,β-unsaturated/α-hetero) is 1. The van der Waals surface area contributed by atoms with Crippen molar-refractivity contribution in [1.82, 2.24) is 0 Å². The SMILES string of the molecule is C[C@]12C=CC(=O)C=C1CC[C@@H]1[C@@H]2[C@H](O)C[C@@]2(C)[C@H]1CC[C@]2(O)C(=O)COC(=O)Cc1ccc(N(CCCl)CCCl)cc1. The lowest BCUT2D eigenvalue weighted by atomic mass is 9.46. The van der Waals surface area contributed by atoms with Crippen LogP contribution in [0.25, 0.3) is 0 Å². The summed E-state index contributed by atoms with van der Waals surface area (Å²) >= 11 is 11.8. The number of aliphatic hydroxyl groups is 2. The van der Waals surface area contributed by atoms with E-state index in [1.54, 1.807) is 12.2 Å². The Morgan fingerprint density at radius 3 is 2.45 bits per heavy atom. The van der Waals surface area contributed by atoms with Gasteiger partial charge in [0.05, 0.1) is 12.5 Å². The van der Waals surface area contributed by atoms with E-state index in [9.17, 15) is 24.6 Å². The Morgan fingerprint density at radius 2 is 1.79 bits per heavy atom. The Kier molecular flexibility index (Phi) is 8.98. The van der Waals surface area contributed by atoms with E-state index in [4.69, 9.17) is 27.9 Å². The summed E-state index contributed by atoms with van der Waals surface area (Å²) in [6.45, 7) is 4.83. The number of aliphatic hydroxyl groups excluding tert-OH is 1. The van der Waals surface area contributed by atoms with Gasteiger partial charge in [-0.15, -0.1) is 23.2 Å². The van der Waals surface area contributed by atoms with Crippen LogP contribution in [0.2, 0.25) is 0 Å². The molecule has 4 aliphatic rings. The van der Waals surface area contributed by atoms with Gasteiger partial charge < -0.3 is 19.8 Å². The van der Waals surface area contributed by atoms with E-state index in [1.807, 2.05) is 37.3 Å². The highest BCUT2D eigenvalue weighted by Crippen LogP contribution is 2.67. The first-order valence-corrected chi connectivity index (χ1v) is 16.0. The number of anilines is 1. The summed E-state index contributed by atoms with van der Waals surface area (Å²) in [4.78, 5) is 40.3. The summed E-state index contributed by atoms with van der Waals surface area (Å²) < 4.78 is 5.39. The third kappa shape index (κ3) is 5.36. The molecule has 7 atom stereocenters. The predicted octanol–water partition coefficient (Wildman–Crippen LogP) is 4.64. The van der Waals surface area contributed by atoms with Crippen LogP contribution in [-0.2, 0) is 25.5 Å². The first kappa shape index (κ1) is 31.2. The molecule has 0 unspecified atom stereocenters. The van der Waals surface area contributed by atoms with E-state index in [2.05, 4.69) is 11.8 Å². The quantitative estimate of drug-likeness (QED) is 0.291. The van der Waals surface area contributed by atoms with Crippen molar-refractivity contribution in [3.63, 3.8) is 0 Å². The number of esters is 1. The van der Waals surface area contributed by atoms with E-state index in [0.717, 1.165) is 29.7 Å².